The lowest BCUT2D eigenvalue weighted by Gasteiger charge is -2.37. The number of carbonyl (C=O) groups is 2. The van der Waals surface area contributed by atoms with Crippen LogP contribution in [-0.2, 0) is 4.79 Å². The van der Waals surface area contributed by atoms with E-state index >= 15 is 0 Å². The van der Waals surface area contributed by atoms with E-state index in [1.165, 1.54) is 0 Å². The van der Waals surface area contributed by atoms with Gasteiger partial charge in [0.05, 0.1) is 6.04 Å². The van der Waals surface area contributed by atoms with Crippen LogP contribution >= 0.6 is 11.6 Å². The minimum atomic E-state index is -0.256. The Morgan fingerprint density at radius 2 is 1.74 bits per heavy atom. The third-order valence-electron chi connectivity index (χ3n) is 4.89. The summed E-state index contributed by atoms with van der Waals surface area (Å²) in [5.74, 6) is -0.0516. The maximum absolute atomic E-state index is 12.6. The monoisotopic (exact) mass is 385 g/mol. The van der Waals surface area contributed by atoms with Crippen LogP contribution in [0.4, 0.5) is 5.69 Å². The van der Waals surface area contributed by atoms with Gasteiger partial charge in [-0.1, -0.05) is 29.8 Å². The largest absolute Gasteiger partial charge is 0.336 e. The van der Waals surface area contributed by atoms with Crippen molar-refractivity contribution in [1.82, 2.24) is 9.80 Å². The SMILES string of the molecule is Cc1cccc(NC(=O)C(C)N2CCN(C(=O)c3cccc(Cl)c3)CC2)c1. The molecule has 1 aliphatic heterocycles. The number of benzene rings is 2. The first kappa shape index (κ1) is 19.4. The summed E-state index contributed by atoms with van der Waals surface area (Å²) in [6.07, 6.45) is 0. The van der Waals surface area contributed by atoms with Crippen LogP contribution in [-0.4, -0.2) is 53.8 Å². The van der Waals surface area contributed by atoms with Gasteiger partial charge in [-0.25, -0.2) is 0 Å². The summed E-state index contributed by atoms with van der Waals surface area (Å²) in [4.78, 5) is 29.1. The van der Waals surface area contributed by atoms with Crippen LogP contribution in [0.1, 0.15) is 22.8 Å². The Kier molecular flexibility index (Phi) is 6.14. The first-order valence-corrected chi connectivity index (χ1v) is 9.48. The van der Waals surface area contributed by atoms with Gasteiger partial charge in [0.15, 0.2) is 0 Å². The van der Waals surface area contributed by atoms with E-state index in [4.69, 9.17) is 11.6 Å². The molecule has 6 heteroatoms. The molecule has 2 aromatic rings. The molecule has 1 atom stereocenters. The molecule has 1 fully saturated rings. The van der Waals surface area contributed by atoms with Gasteiger partial charge in [-0.3, -0.25) is 14.5 Å². The molecule has 142 valence electrons. The van der Waals surface area contributed by atoms with Crippen molar-refractivity contribution in [3.63, 3.8) is 0 Å². The Morgan fingerprint density at radius 1 is 1.04 bits per heavy atom. The van der Waals surface area contributed by atoms with E-state index in [-0.39, 0.29) is 17.9 Å². The van der Waals surface area contributed by atoms with Crippen LogP contribution in [0.15, 0.2) is 48.5 Å². The lowest BCUT2D eigenvalue weighted by atomic mass is 10.1. The van der Waals surface area contributed by atoms with E-state index in [9.17, 15) is 9.59 Å². The molecule has 1 N–H and O–H groups in total. The molecule has 0 aromatic heterocycles. The van der Waals surface area contributed by atoms with E-state index in [0.717, 1.165) is 11.3 Å². The number of aryl methyl sites for hydroxylation is 1. The highest BCUT2D eigenvalue weighted by Gasteiger charge is 2.28. The number of piperazine rings is 1. The fourth-order valence-corrected chi connectivity index (χ4v) is 3.44. The minimum Gasteiger partial charge on any atom is -0.336 e. The van der Waals surface area contributed by atoms with Crippen LogP contribution in [0.3, 0.4) is 0 Å². The molecule has 1 unspecified atom stereocenters. The molecule has 1 saturated heterocycles. The number of amides is 2. The second kappa shape index (κ2) is 8.55. The summed E-state index contributed by atoms with van der Waals surface area (Å²) in [5.41, 5.74) is 2.51. The number of nitrogens with one attached hydrogen (secondary N) is 1. The first-order chi connectivity index (χ1) is 12.9. The van der Waals surface area contributed by atoms with Crippen LogP contribution in [0, 0.1) is 6.92 Å². The summed E-state index contributed by atoms with van der Waals surface area (Å²) in [5, 5.41) is 3.53. The van der Waals surface area contributed by atoms with E-state index in [1.54, 1.807) is 24.3 Å². The van der Waals surface area contributed by atoms with Crippen molar-refractivity contribution < 1.29 is 9.59 Å². The molecule has 1 heterocycles. The number of anilines is 1. The first-order valence-electron chi connectivity index (χ1n) is 9.10. The molecule has 3 rings (SSSR count). The van der Waals surface area contributed by atoms with Gasteiger partial charge in [0.2, 0.25) is 5.91 Å². The fourth-order valence-electron chi connectivity index (χ4n) is 3.25. The number of halogens is 1. The summed E-state index contributed by atoms with van der Waals surface area (Å²) in [6, 6.07) is 14.5. The van der Waals surface area contributed by atoms with Gasteiger partial charge < -0.3 is 10.2 Å². The molecule has 1 aliphatic rings. The maximum atomic E-state index is 12.6. The van der Waals surface area contributed by atoms with Gasteiger partial charge >= 0.3 is 0 Å². The van der Waals surface area contributed by atoms with E-state index in [2.05, 4.69) is 10.2 Å². The zero-order valence-corrected chi connectivity index (χ0v) is 16.4. The molecule has 0 aliphatic carbocycles. The molecular formula is C21H24ClN3O2. The molecule has 5 nitrogen and oxygen atoms in total. The van der Waals surface area contributed by atoms with Crippen molar-refractivity contribution in [3.05, 3.63) is 64.7 Å². The van der Waals surface area contributed by atoms with Gasteiger partial charge in [0, 0.05) is 42.5 Å². The Hall–Kier alpha value is -2.37. The van der Waals surface area contributed by atoms with E-state index in [0.29, 0.717) is 36.8 Å². The van der Waals surface area contributed by atoms with Crippen molar-refractivity contribution in [1.29, 1.82) is 0 Å². The fraction of sp³-hybridized carbons (Fsp3) is 0.333. The smallest absolute Gasteiger partial charge is 0.253 e. The quantitative estimate of drug-likeness (QED) is 0.877. The van der Waals surface area contributed by atoms with E-state index < -0.39 is 0 Å². The maximum Gasteiger partial charge on any atom is 0.253 e. The van der Waals surface area contributed by atoms with Gasteiger partial charge in [-0.05, 0) is 49.7 Å². The third-order valence-corrected chi connectivity index (χ3v) is 5.12. The van der Waals surface area contributed by atoms with Gasteiger partial charge in [0.1, 0.15) is 0 Å². The lowest BCUT2D eigenvalue weighted by Crippen LogP contribution is -2.54. The number of rotatable bonds is 4. The normalized spacial score (nSPS) is 16.0. The van der Waals surface area contributed by atoms with Crippen molar-refractivity contribution in [2.45, 2.75) is 19.9 Å². The molecule has 0 radical (unpaired) electrons. The minimum absolute atomic E-state index is 0.0194. The van der Waals surface area contributed by atoms with Gasteiger partial charge in [-0.2, -0.15) is 0 Å². The zero-order chi connectivity index (χ0) is 19.4. The second-order valence-corrected chi connectivity index (χ2v) is 7.31. The highest BCUT2D eigenvalue weighted by Crippen LogP contribution is 2.16. The summed E-state index contributed by atoms with van der Waals surface area (Å²) < 4.78 is 0. The topological polar surface area (TPSA) is 52.7 Å². The Labute approximate surface area is 164 Å². The lowest BCUT2D eigenvalue weighted by molar-refractivity contribution is -0.121. The van der Waals surface area contributed by atoms with Crippen molar-refractivity contribution in [2.75, 3.05) is 31.5 Å². The number of nitrogens with zero attached hydrogens (tertiary/aromatic N) is 2. The third kappa shape index (κ3) is 4.87. The van der Waals surface area contributed by atoms with Gasteiger partial charge in [0.25, 0.3) is 5.91 Å². The molecule has 0 saturated carbocycles. The molecule has 2 amide bonds. The average Bonchev–Trinajstić information content (AvgIpc) is 2.67. The van der Waals surface area contributed by atoms with Crippen molar-refractivity contribution in [3.8, 4) is 0 Å². The predicted octanol–water partition coefficient (Wildman–Crippen LogP) is 3.43. The van der Waals surface area contributed by atoms with Crippen molar-refractivity contribution in [2.24, 2.45) is 0 Å². The molecule has 0 spiro atoms. The van der Waals surface area contributed by atoms with Crippen LogP contribution in [0.25, 0.3) is 0 Å². The molecule has 0 bridgehead atoms. The van der Waals surface area contributed by atoms with E-state index in [1.807, 2.05) is 43.0 Å². The van der Waals surface area contributed by atoms with Crippen LogP contribution in [0.2, 0.25) is 5.02 Å². The number of hydrogen-bond acceptors (Lipinski definition) is 3. The van der Waals surface area contributed by atoms with Crippen LogP contribution in [0.5, 0.6) is 0 Å². The molecule has 27 heavy (non-hydrogen) atoms. The standard InChI is InChI=1S/C21H24ClN3O2/c1-15-5-3-8-19(13-15)23-20(26)16(2)24-9-11-25(12-10-24)21(27)17-6-4-7-18(22)14-17/h3-8,13-14,16H,9-12H2,1-2H3,(H,23,26). The Morgan fingerprint density at radius 3 is 2.41 bits per heavy atom. The number of hydrogen-bond donors (Lipinski definition) is 1. The highest BCUT2D eigenvalue weighted by molar-refractivity contribution is 6.30. The predicted molar refractivity (Wildman–Crippen MR) is 108 cm³/mol. The average molecular weight is 386 g/mol. The summed E-state index contributed by atoms with van der Waals surface area (Å²) >= 11 is 5.98. The second-order valence-electron chi connectivity index (χ2n) is 6.87. The number of carbonyl (C=O) groups excluding carboxylic acids is 2. The molecule has 2 aromatic carbocycles. The Balaban J connectivity index is 1.55. The Bertz CT molecular complexity index is 832. The van der Waals surface area contributed by atoms with Gasteiger partial charge in [-0.15, -0.1) is 0 Å². The van der Waals surface area contributed by atoms with Crippen LogP contribution < -0.4 is 5.32 Å². The zero-order valence-electron chi connectivity index (χ0n) is 15.6. The summed E-state index contributed by atoms with van der Waals surface area (Å²) in [6.45, 7) is 6.40. The highest BCUT2D eigenvalue weighted by atomic mass is 35.5. The molecular weight excluding hydrogens is 362 g/mol. The van der Waals surface area contributed by atoms with Crippen molar-refractivity contribution >= 4 is 29.1 Å². The summed E-state index contributed by atoms with van der Waals surface area (Å²) in [7, 11) is 0.